The van der Waals surface area contributed by atoms with E-state index in [4.69, 9.17) is 0 Å². The van der Waals surface area contributed by atoms with Crippen molar-refractivity contribution in [2.45, 2.75) is 24.5 Å². The Hall–Kier alpha value is -1.65. The van der Waals surface area contributed by atoms with E-state index in [1.807, 2.05) is 0 Å². The van der Waals surface area contributed by atoms with Crippen molar-refractivity contribution >= 4 is 0 Å². The molecule has 0 aliphatic rings. The Kier molecular flexibility index (Phi) is 4.37. The van der Waals surface area contributed by atoms with Gasteiger partial charge in [0.15, 0.2) is 0 Å². The molecule has 1 atom stereocenters. The summed E-state index contributed by atoms with van der Waals surface area (Å²) in [5.74, 6) is -8.33. The van der Waals surface area contributed by atoms with Crippen LogP contribution < -0.4 is 10.5 Å². The lowest BCUT2D eigenvalue weighted by Crippen LogP contribution is -2.46. The average molecular weight is 327 g/mol. The number of hydrogen-bond acceptors (Lipinski definition) is 2. The first-order valence-corrected chi connectivity index (χ1v) is 5.01. The summed E-state index contributed by atoms with van der Waals surface area (Å²) in [6, 6.07) is -2.55. The molecule has 0 spiro atoms. The number of alkyl halides is 8. The Balaban J connectivity index is 3.21. The van der Waals surface area contributed by atoms with Gasteiger partial charge in [0.2, 0.25) is 0 Å². The molecule has 0 amide bonds. The van der Waals surface area contributed by atoms with Crippen molar-refractivity contribution in [3.8, 4) is 5.75 Å². The van der Waals surface area contributed by atoms with Crippen LogP contribution in [0.2, 0.25) is 0 Å². The second-order valence-electron chi connectivity index (χ2n) is 3.83. The van der Waals surface area contributed by atoms with E-state index in [1.54, 1.807) is 0 Å². The van der Waals surface area contributed by atoms with E-state index < -0.39 is 41.6 Å². The Morgan fingerprint density at radius 1 is 0.952 bits per heavy atom. The largest absolute Gasteiger partial charge is 0.573 e. The van der Waals surface area contributed by atoms with Crippen LogP contribution in [0.4, 0.5) is 39.5 Å². The normalized spacial score (nSPS) is 15.0. The van der Waals surface area contributed by atoms with Gasteiger partial charge in [-0.25, -0.2) is 4.39 Å². The van der Waals surface area contributed by atoms with Crippen molar-refractivity contribution in [2.75, 3.05) is 0 Å². The van der Waals surface area contributed by atoms with Crippen LogP contribution in [0, 0.1) is 5.82 Å². The predicted octanol–water partition coefficient (Wildman–Crippen LogP) is 3.92. The van der Waals surface area contributed by atoms with Crippen molar-refractivity contribution < 1.29 is 44.3 Å². The average Bonchev–Trinajstić information content (AvgIpc) is 2.27. The number of halogens is 9. The monoisotopic (exact) mass is 327 g/mol. The smallest absolute Gasteiger partial charge is 0.406 e. The molecule has 0 aromatic heterocycles. The molecule has 120 valence electrons. The second kappa shape index (κ2) is 5.28. The molecule has 1 aromatic carbocycles. The molecule has 0 fully saturated rings. The molecule has 0 heterocycles. The van der Waals surface area contributed by atoms with Gasteiger partial charge >= 0.3 is 18.5 Å². The van der Waals surface area contributed by atoms with Crippen LogP contribution in [0.15, 0.2) is 18.2 Å². The van der Waals surface area contributed by atoms with Gasteiger partial charge < -0.3 is 10.5 Å². The van der Waals surface area contributed by atoms with E-state index in [2.05, 4.69) is 10.5 Å². The van der Waals surface area contributed by atoms with Crippen LogP contribution in [-0.2, 0) is 0 Å². The quantitative estimate of drug-likeness (QED) is 0.854. The summed E-state index contributed by atoms with van der Waals surface area (Å²) in [6.45, 7) is 0. The van der Waals surface area contributed by atoms with E-state index in [0.29, 0.717) is 6.07 Å². The number of ether oxygens (including phenoxy) is 1. The SMILES string of the molecule is N[C@H](c1cc(OC(F)(F)F)ccc1F)C(F)(F)C(F)(F)F. The van der Waals surface area contributed by atoms with Gasteiger partial charge in [0.1, 0.15) is 17.6 Å². The maximum Gasteiger partial charge on any atom is 0.573 e. The van der Waals surface area contributed by atoms with Crippen LogP contribution in [-0.4, -0.2) is 18.5 Å². The summed E-state index contributed by atoms with van der Waals surface area (Å²) in [7, 11) is 0. The molecule has 11 heteroatoms. The molecule has 0 aliphatic heterocycles. The van der Waals surface area contributed by atoms with Crippen LogP contribution in [0.1, 0.15) is 11.6 Å². The zero-order valence-corrected chi connectivity index (χ0v) is 9.70. The molecule has 0 saturated heterocycles. The Bertz CT molecular complexity index is 508. The summed E-state index contributed by atoms with van der Waals surface area (Å²) in [6.07, 6.45) is -11.3. The van der Waals surface area contributed by atoms with E-state index in [9.17, 15) is 39.5 Å². The molecule has 0 unspecified atom stereocenters. The Labute approximate surface area is 111 Å². The topological polar surface area (TPSA) is 35.2 Å². The highest BCUT2D eigenvalue weighted by molar-refractivity contribution is 5.33. The minimum absolute atomic E-state index is 0.0349. The molecule has 1 aromatic rings. The molecule has 0 radical (unpaired) electrons. The molecule has 0 bridgehead atoms. The van der Waals surface area contributed by atoms with Gasteiger partial charge in [-0.1, -0.05) is 0 Å². The van der Waals surface area contributed by atoms with E-state index >= 15 is 0 Å². The molecule has 0 aliphatic carbocycles. The first-order chi connectivity index (χ1) is 9.25. The first kappa shape index (κ1) is 17.4. The highest BCUT2D eigenvalue weighted by Crippen LogP contribution is 2.44. The van der Waals surface area contributed by atoms with Crippen molar-refractivity contribution in [2.24, 2.45) is 5.73 Å². The molecule has 2 N–H and O–H groups in total. The number of rotatable bonds is 3. The van der Waals surface area contributed by atoms with Gasteiger partial charge in [0.05, 0.1) is 0 Å². The molecule has 0 saturated carbocycles. The third-order valence-corrected chi connectivity index (χ3v) is 2.30. The standard InChI is InChI=1S/C10H6F9NO/c11-6-2-1-4(21-10(17,18)19)3-5(6)7(20)8(12,13)9(14,15)16/h1-3,7H,20H2/t7-/m1/s1. The fourth-order valence-corrected chi connectivity index (χ4v) is 1.33. The summed E-state index contributed by atoms with van der Waals surface area (Å²) < 4.78 is 115. The highest BCUT2D eigenvalue weighted by atomic mass is 19.4. The fourth-order valence-electron chi connectivity index (χ4n) is 1.33. The van der Waals surface area contributed by atoms with Crippen LogP contribution in [0.5, 0.6) is 5.75 Å². The molecule has 2 nitrogen and oxygen atoms in total. The first-order valence-electron chi connectivity index (χ1n) is 5.01. The molecular weight excluding hydrogens is 321 g/mol. The third kappa shape index (κ3) is 3.93. The second-order valence-corrected chi connectivity index (χ2v) is 3.83. The van der Waals surface area contributed by atoms with Crippen molar-refractivity contribution in [3.05, 3.63) is 29.6 Å². The number of hydrogen-bond donors (Lipinski definition) is 1. The lowest BCUT2D eigenvalue weighted by atomic mass is 10.00. The van der Waals surface area contributed by atoms with Gasteiger partial charge in [0.25, 0.3) is 0 Å². The van der Waals surface area contributed by atoms with Crippen LogP contribution in [0.25, 0.3) is 0 Å². The summed E-state index contributed by atoms with van der Waals surface area (Å²) in [5, 5.41) is 0. The zero-order valence-electron chi connectivity index (χ0n) is 9.70. The van der Waals surface area contributed by atoms with E-state index in [0.717, 1.165) is 0 Å². The maximum absolute atomic E-state index is 13.3. The van der Waals surface area contributed by atoms with Crippen LogP contribution >= 0.6 is 0 Å². The van der Waals surface area contributed by atoms with E-state index in [1.165, 1.54) is 0 Å². The predicted molar refractivity (Wildman–Crippen MR) is 51.0 cm³/mol. The summed E-state index contributed by atoms with van der Waals surface area (Å²) in [4.78, 5) is 0. The number of benzene rings is 1. The summed E-state index contributed by atoms with van der Waals surface area (Å²) in [5.41, 5.74) is 3.19. The van der Waals surface area contributed by atoms with Crippen molar-refractivity contribution in [1.29, 1.82) is 0 Å². The lowest BCUT2D eigenvalue weighted by Gasteiger charge is -2.26. The van der Waals surface area contributed by atoms with Gasteiger partial charge in [-0.05, 0) is 18.2 Å². The lowest BCUT2D eigenvalue weighted by molar-refractivity contribution is -0.291. The van der Waals surface area contributed by atoms with Crippen LogP contribution in [0.3, 0.4) is 0 Å². The van der Waals surface area contributed by atoms with Gasteiger partial charge in [-0.2, -0.15) is 22.0 Å². The molecule has 1 rings (SSSR count). The zero-order chi connectivity index (χ0) is 16.6. The third-order valence-electron chi connectivity index (χ3n) is 2.30. The van der Waals surface area contributed by atoms with Gasteiger partial charge in [0, 0.05) is 5.56 Å². The Morgan fingerprint density at radius 3 is 1.90 bits per heavy atom. The Morgan fingerprint density at radius 2 is 1.48 bits per heavy atom. The summed E-state index contributed by atoms with van der Waals surface area (Å²) >= 11 is 0. The molecular formula is C10H6F9NO. The minimum Gasteiger partial charge on any atom is -0.406 e. The van der Waals surface area contributed by atoms with E-state index in [-0.39, 0.29) is 12.1 Å². The minimum atomic E-state index is -6.10. The van der Waals surface area contributed by atoms with Gasteiger partial charge in [-0.15, -0.1) is 13.2 Å². The van der Waals surface area contributed by atoms with Gasteiger partial charge in [-0.3, -0.25) is 0 Å². The number of nitrogens with two attached hydrogens (primary N) is 1. The fraction of sp³-hybridized carbons (Fsp3) is 0.400. The van der Waals surface area contributed by atoms with Crippen molar-refractivity contribution in [1.82, 2.24) is 0 Å². The highest BCUT2D eigenvalue weighted by Gasteiger charge is 2.62. The van der Waals surface area contributed by atoms with Crippen molar-refractivity contribution in [3.63, 3.8) is 0 Å². The maximum atomic E-state index is 13.3. The molecule has 21 heavy (non-hydrogen) atoms.